The zero-order valence-corrected chi connectivity index (χ0v) is 27.3. The number of ether oxygens (including phenoxy) is 6. The van der Waals surface area contributed by atoms with Gasteiger partial charge in [0, 0.05) is 25.4 Å². The lowest BCUT2D eigenvalue weighted by Crippen LogP contribution is -2.23. The van der Waals surface area contributed by atoms with Gasteiger partial charge in [0.25, 0.3) is 0 Å². The lowest BCUT2D eigenvalue weighted by molar-refractivity contribution is -0.142. The van der Waals surface area contributed by atoms with Gasteiger partial charge in [-0.3, -0.25) is 0 Å². The standard InChI is InChI=1S/C38H46O10/c1-3-37(41)47-27-33(39)25-43-21-5-7-23-45-35-17-13-31(14-18-35)29-9-11-30(12-10-29)32-15-19-36(20-16-32)46-24-8-6-22-44-26-34(40)28-48-38(42)4-2/h3-4,9-20,33-34,39-40H,1-2,5-8,21-28H2. The van der Waals surface area contributed by atoms with E-state index in [0.29, 0.717) is 26.4 Å². The van der Waals surface area contributed by atoms with Gasteiger partial charge in [0.15, 0.2) is 0 Å². The van der Waals surface area contributed by atoms with Crippen LogP contribution in [0.2, 0.25) is 0 Å². The van der Waals surface area contributed by atoms with Crippen LogP contribution in [0.4, 0.5) is 0 Å². The van der Waals surface area contributed by atoms with Gasteiger partial charge in [0.1, 0.15) is 36.9 Å². The largest absolute Gasteiger partial charge is 0.494 e. The van der Waals surface area contributed by atoms with Gasteiger partial charge < -0.3 is 38.6 Å². The van der Waals surface area contributed by atoms with E-state index >= 15 is 0 Å². The molecule has 10 nitrogen and oxygen atoms in total. The van der Waals surface area contributed by atoms with E-state index in [-0.39, 0.29) is 26.4 Å². The summed E-state index contributed by atoms with van der Waals surface area (Å²) in [4.78, 5) is 22.0. The summed E-state index contributed by atoms with van der Waals surface area (Å²) < 4.78 is 32.1. The molecule has 3 rings (SSSR count). The second kappa shape index (κ2) is 22.2. The van der Waals surface area contributed by atoms with Crippen LogP contribution in [0.25, 0.3) is 22.3 Å². The molecule has 0 saturated carbocycles. The molecule has 0 aliphatic carbocycles. The monoisotopic (exact) mass is 662 g/mol. The maximum absolute atomic E-state index is 11.0. The van der Waals surface area contributed by atoms with E-state index < -0.39 is 24.1 Å². The third-order valence-corrected chi connectivity index (χ3v) is 6.95. The highest BCUT2D eigenvalue weighted by Crippen LogP contribution is 2.27. The van der Waals surface area contributed by atoms with Crippen molar-refractivity contribution in [2.75, 3.05) is 52.9 Å². The van der Waals surface area contributed by atoms with Crippen LogP contribution < -0.4 is 9.47 Å². The van der Waals surface area contributed by atoms with Crippen molar-refractivity contribution in [3.8, 4) is 33.8 Å². The molecule has 3 aromatic rings. The number of rotatable bonds is 24. The number of aliphatic hydroxyl groups is 2. The first-order chi connectivity index (χ1) is 23.4. The summed E-state index contributed by atoms with van der Waals surface area (Å²) >= 11 is 0. The molecule has 0 spiro atoms. The summed E-state index contributed by atoms with van der Waals surface area (Å²) in [5, 5.41) is 19.4. The Morgan fingerprint density at radius 2 is 0.833 bits per heavy atom. The van der Waals surface area contributed by atoms with E-state index in [4.69, 9.17) is 28.4 Å². The average molecular weight is 663 g/mol. The minimum absolute atomic E-state index is 0.101. The van der Waals surface area contributed by atoms with E-state index in [2.05, 4.69) is 37.4 Å². The van der Waals surface area contributed by atoms with Gasteiger partial charge in [0.05, 0.1) is 26.4 Å². The van der Waals surface area contributed by atoms with Crippen LogP contribution in [0.3, 0.4) is 0 Å². The maximum atomic E-state index is 11.0. The van der Waals surface area contributed by atoms with Gasteiger partial charge in [-0.05, 0) is 72.2 Å². The molecule has 10 heteroatoms. The molecule has 0 bridgehead atoms. The summed E-state index contributed by atoms with van der Waals surface area (Å²) in [5.74, 6) is 0.456. The summed E-state index contributed by atoms with van der Waals surface area (Å²) in [7, 11) is 0. The summed E-state index contributed by atoms with van der Waals surface area (Å²) in [6.07, 6.45) is 3.56. The Kier molecular flexibility index (Phi) is 17.5. The van der Waals surface area contributed by atoms with Crippen LogP contribution in [0, 0.1) is 0 Å². The molecule has 2 N–H and O–H groups in total. The van der Waals surface area contributed by atoms with Crippen molar-refractivity contribution in [2.24, 2.45) is 0 Å². The number of hydrogen-bond acceptors (Lipinski definition) is 10. The molecule has 2 atom stereocenters. The molecule has 3 aromatic carbocycles. The zero-order valence-electron chi connectivity index (χ0n) is 27.3. The smallest absolute Gasteiger partial charge is 0.330 e. The fourth-order valence-electron chi connectivity index (χ4n) is 4.34. The number of aliphatic hydroxyl groups excluding tert-OH is 2. The highest BCUT2D eigenvalue weighted by molar-refractivity contribution is 5.81. The number of carbonyl (C=O) groups excluding carboxylic acids is 2. The van der Waals surface area contributed by atoms with Crippen molar-refractivity contribution in [3.05, 3.63) is 98.1 Å². The van der Waals surface area contributed by atoms with Crippen LogP contribution in [0.5, 0.6) is 11.5 Å². The molecule has 0 fully saturated rings. The minimum atomic E-state index is -0.860. The van der Waals surface area contributed by atoms with Crippen molar-refractivity contribution < 1.29 is 48.2 Å². The lowest BCUT2D eigenvalue weighted by atomic mass is 10.0. The molecule has 0 aliphatic heterocycles. The second-order valence-corrected chi connectivity index (χ2v) is 10.9. The lowest BCUT2D eigenvalue weighted by Gasteiger charge is -2.11. The molecule has 0 aromatic heterocycles. The topological polar surface area (TPSA) is 130 Å². The Balaban J connectivity index is 1.29. The summed E-state index contributed by atoms with van der Waals surface area (Å²) in [6.45, 7) is 8.65. The summed E-state index contributed by atoms with van der Waals surface area (Å²) in [5.41, 5.74) is 4.41. The third-order valence-electron chi connectivity index (χ3n) is 6.95. The van der Waals surface area contributed by atoms with E-state index in [1.165, 1.54) is 0 Å². The van der Waals surface area contributed by atoms with Crippen LogP contribution in [-0.2, 0) is 28.5 Å². The zero-order chi connectivity index (χ0) is 34.4. The Morgan fingerprint density at radius 3 is 1.17 bits per heavy atom. The van der Waals surface area contributed by atoms with Gasteiger partial charge in [0.2, 0.25) is 0 Å². The fourth-order valence-corrected chi connectivity index (χ4v) is 4.34. The molecular formula is C38H46O10. The third kappa shape index (κ3) is 15.0. The molecule has 2 unspecified atom stereocenters. The number of carbonyl (C=O) groups is 2. The molecule has 48 heavy (non-hydrogen) atoms. The normalized spacial score (nSPS) is 12.0. The fraction of sp³-hybridized carbons (Fsp3) is 0.368. The van der Waals surface area contributed by atoms with Crippen molar-refractivity contribution in [1.29, 1.82) is 0 Å². The highest BCUT2D eigenvalue weighted by atomic mass is 16.6. The molecular weight excluding hydrogens is 616 g/mol. The molecule has 0 radical (unpaired) electrons. The highest BCUT2D eigenvalue weighted by Gasteiger charge is 2.08. The quantitative estimate of drug-likeness (QED) is 0.0715. The predicted molar refractivity (Wildman–Crippen MR) is 183 cm³/mol. The number of benzene rings is 3. The van der Waals surface area contributed by atoms with Gasteiger partial charge in [-0.15, -0.1) is 0 Å². The SMILES string of the molecule is C=CC(=O)OCC(O)COCCCCOc1ccc(-c2ccc(-c3ccc(OCCCCOCC(O)COC(=O)C=C)cc3)cc2)cc1. The molecule has 258 valence electrons. The second-order valence-electron chi connectivity index (χ2n) is 10.9. The Bertz CT molecular complexity index is 1260. The van der Waals surface area contributed by atoms with Crippen LogP contribution in [0.15, 0.2) is 98.1 Å². The van der Waals surface area contributed by atoms with E-state index in [1.54, 1.807) is 0 Å². The van der Waals surface area contributed by atoms with Crippen molar-refractivity contribution in [3.63, 3.8) is 0 Å². The first-order valence-electron chi connectivity index (χ1n) is 16.0. The Labute approximate surface area is 282 Å². The Hall–Kier alpha value is -4.48. The van der Waals surface area contributed by atoms with E-state index in [1.807, 2.05) is 48.5 Å². The molecule has 0 aliphatic rings. The maximum Gasteiger partial charge on any atom is 0.330 e. The summed E-state index contributed by atoms with van der Waals surface area (Å²) in [6, 6.07) is 24.4. The number of unbranched alkanes of at least 4 members (excludes halogenated alkanes) is 2. The van der Waals surface area contributed by atoms with E-state index in [9.17, 15) is 19.8 Å². The van der Waals surface area contributed by atoms with E-state index in [0.717, 1.165) is 71.6 Å². The number of esters is 2. The van der Waals surface area contributed by atoms with Crippen LogP contribution >= 0.6 is 0 Å². The van der Waals surface area contributed by atoms with Crippen molar-refractivity contribution in [1.82, 2.24) is 0 Å². The van der Waals surface area contributed by atoms with Gasteiger partial charge in [-0.1, -0.05) is 61.7 Å². The van der Waals surface area contributed by atoms with Gasteiger partial charge in [-0.2, -0.15) is 0 Å². The predicted octanol–water partition coefficient (Wildman–Crippen LogP) is 5.55. The van der Waals surface area contributed by atoms with Crippen molar-refractivity contribution >= 4 is 11.9 Å². The van der Waals surface area contributed by atoms with Crippen LogP contribution in [0.1, 0.15) is 25.7 Å². The molecule has 0 saturated heterocycles. The van der Waals surface area contributed by atoms with Gasteiger partial charge in [-0.25, -0.2) is 9.59 Å². The average Bonchev–Trinajstić information content (AvgIpc) is 3.12. The minimum Gasteiger partial charge on any atom is -0.494 e. The van der Waals surface area contributed by atoms with Crippen molar-refractivity contribution in [2.45, 2.75) is 37.9 Å². The first kappa shape index (κ1) is 38.0. The first-order valence-corrected chi connectivity index (χ1v) is 16.0. The van der Waals surface area contributed by atoms with Gasteiger partial charge >= 0.3 is 11.9 Å². The molecule has 0 amide bonds. The van der Waals surface area contributed by atoms with Crippen LogP contribution in [-0.4, -0.2) is 87.2 Å². The number of hydrogen-bond donors (Lipinski definition) is 2. The Morgan fingerprint density at radius 1 is 0.521 bits per heavy atom. The molecule has 0 heterocycles.